The summed E-state index contributed by atoms with van der Waals surface area (Å²) < 4.78 is 0. The highest BCUT2D eigenvalue weighted by molar-refractivity contribution is 6.00. The average Bonchev–Trinajstić information content (AvgIpc) is 3.09. The number of aromatic amines is 1. The number of nitrogens with zero attached hydrogens (tertiary/aromatic N) is 3. The van der Waals surface area contributed by atoms with Crippen LogP contribution >= 0.6 is 0 Å². The molecule has 1 aromatic heterocycles. The molecule has 0 aliphatic carbocycles. The molecule has 0 bridgehead atoms. The van der Waals surface area contributed by atoms with Crippen LogP contribution in [0.2, 0.25) is 0 Å². The fourth-order valence-corrected chi connectivity index (χ4v) is 2.04. The molecule has 1 heterocycles. The summed E-state index contributed by atoms with van der Waals surface area (Å²) in [7, 11) is 0. The quantitative estimate of drug-likeness (QED) is 0.724. The number of amides is 1. The van der Waals surface area contributed by atoms with Crippen molar-refractivity contribution in [2.24, 2.45) is 0 Å². The van der Waals surface area contributed by atoms with E-state index in [4.69, 9.17) is 5.26 Å². The Balaban J connectivity index is 1.63. The fourth-order valence-electron chi connectivity index (χ4n) is 2.04. The number of nitriles is 1. The number of hydrogen-bond acceptors (Lipinski definition) is 4. The molecule has 116 valence electrons. The Morgan fingerprint density at radius 1 is 1.12 bits per heavy atom. The van der Waals surface area contributed by atoms with Gasteiger partial charge in [-0.05, 0) is 23.8 Å². The van der Waals surface area contributed by atoms with Crippen LogP contribution in [0.5, 0.6) is 0 Å². The second kappa shape index (κ2) is 7.03. The molecule has 2 N–H and O–H groups in total. The molecule has 6 heteroatoms. The Morgan fingerprint density at radius 2 is 1.88 bits per heavy atom. The zero-order valence-corrected chi connectivity index (χ0v) is 12.6. The molecule has 0 saturated carbocycles. The number of carbonyl (C=O) groups excluding carboxylic acids is 1. The van der Waals surface area contributed by atoms with Crippen LogP contribution in [-0.2, 0) is 4.79 Å². The summed E-state index contributed by atoms with van der Waals surface area (Å²) in [5.74, 6) is 0.461. The van der Waals surface area contributed by atoms with Crippen LogP contribution in [0.4, 0.5) is 5.95 Å². The van der Waals surface area contributed by atoms with E-state index in [1.54, 1.807) is 30.3 Å². The van der Waals surface area contributed by atoms with E-state index in [0.29, 0.717) is 11.4 Å². The number of hydrogen-bond donors (Lipinski definition) is 2. The molecular formula is C18H13N5O. The maximum absolute atomic E-state index is 11.9. The van der Waals surface area contributed by atoms with Gasteiger partial charge in [-0.25, -0.2) is 0 Å². The van der Waals surface area contributed by atoms with Crippen LogP contribution in [0.15, 0.2) is 60.7 Å². The third-order valence-corrected chi connectivity index (χ3v) is 3.23. The molecule has 0 aliphatic heterocycles. The number of benzene rings is 2. The number of aromatic nitrogens is 3. The SMILES string of the molecule is N#Cc1ccc(C=CC(=O)Nc2n[nH]c(-c3ccccc3)n2)cc1. The molecule has 0 atom stereocenters. The largest absolute Gasteiger partial charge is 0.290 e. The third kappa shape index (κ3) is 3.72. The fraction of sp³-hybridized carbons (Fsp3) is 0. The van der Waals surface area contributed by atoms with Crippen LogP contribution in [0.25, 0.3) is 17.5 Å². The molecular weight excluding hydrogens is 302 g/mol. The van der Waals surface area contributed by atoms with E-state index in [2.05, 4.69) is 20.5 Å². The number of carbonyl (C=O) groups is 1. The van der Waals surface area contributed by atoms with E-state index in [9.17, 15) is 4.79 Å². The van der Waals surface area contributed by atoms with Crippen LogP contribution in [0, 0.1) is 11.3 Å². The summed E-state index contributed by atoms with van der Waals surface area (Å²) >= 11 is 0. The molecule has 0 saturated heterocycles. The molecule has 1 amide bonds. The van der Waals surface area contributed by atoms with Crippen LogP contribution < -0.4 is 5.32 Å². The van der Waals surface area contributed by atoms with E-state index in [1.165, 1.54) is 6.08 Å². The van der Waals surface area contributed by atoms with Gasteiger partial charge in [0.05, 0.1) is 11.6 Å². The highest BCUT2D eigenvalue weighted by atomic mass is 16.1. The van der Waals surface area contributed by atoms with Crippen molar-refractivity contribution >= 4 is 17.9 Å². The lowest BCUT2D eigenvalue weighted by atomic mass is 10.1. The van der Waals surface area contributed by atoms with E-state index in [1.807, 2.05) is 36.4 Å². The Morgan fingerprint density at radius 3 is 2.58 bits per heavy atom. The van der Waals surface area contributed by atoms with Crippen LogP contribution in [-0.4, -0.2) is 21.1 Å². The van der Waals surface area contributed by atoms with Gasteiger partial charge in [0.2, 0.25) is 5.95 Å². The van der Waals surface area contributed by atoms with E-state index in [0.717, 1.165) is 11.1 Å². The van der Waals surface area contributed by atoms with Crippen LogP contribution in [0.3, 0.4) is 0 Å². The van der Waals surface area contributed by atoms with E-state index < -0.39 is 0 Å². The summed E-state index contributed by atoms with van der Waals surface area (Å²) in [4.78, 5) is 16.1. The number of nitrogens with one attached hydrogen (secondary N) is 2. The van der Waals surface area contributed by atoms with Gasteiger partial charge < -0.3 is 0 Å². The minimum atomic E-state index is -0.335. The molecule has 3 aromatic rings. The van der Waals surface area contributed by atoms with Gasteiger partial charge in [0.25, 0.3) is 5.91 Å². The molecule has 24 heavy (non-hydrogen) atoms. The zero-order chi connectivity index (χ0) is 16.8. The monoisotopic (exact) mass is 315 g/mol. The maximum Gasteiger partial charge on any atom is 0.250 e. The normalized spacial score (nSPS) is 10.5. The summed E-state index contributed by atoms with van der Waals surface area (Å²) in [6.45, 7) is 0. The molecule has 0 fully saturated rings. The lowest BCUT2D eigenvalue weighted by Gasteiger charge is -1.96. The molecule has 0 unspecified atom stereocenters. The Hall–Kier alpha value is -3.72. The molecule has 3 rings (SSSR count). The maximum atomic E-state index is 11.9. The van der Waals surface area contributed by atoms with Gasteiger partial charge in [0.15, 0.2) is 5.82 Å². The van der Waals surface area contributed by atoms with Crippen molar-refractivity contribution in [1.82, 2.24) is 15.2 Å². The Labute approximate surface area is 138 Å². The minimum Gasteiger partial charge on any atom is -0.290 e. The third-order valence-electron chi connectivity index (χ3n) is 3.23. The Kier molecular flexibility index (Phi) is 4.45. The molecule has 0 spiro atoms. The summed E-state index contributed by atoms with van der Waals surface area (Å²) in [5.41, 5.74) is 2.29. The van der Waals surface area contributed by atoms with E-state index >= 15 is 0 Å². The van der Waals surface area contributed by atoms with Gasteiger partial charge >= 0.3 is 0 Å². The van der Waals surface area contributed by atoms with Gasteiger partial charge in [-0.1, -0.05) is 42.5 Å². The van der Waals surface area contributed by atoms with Crippen molar-refractivity contribution in [3.8, 4) is 17.5 Å². The number of rotatable bonds is 4. The zero-order valence-electron chi connectivity index (χ0n) is 12.6. The highest BCUT2D eigenvalue weighted by Crippen LogP contribution is 2.14. The standard InChI is InChI=1S/C18H13N5O/c19-12-14-8-6-13(7-9-14)10-11-16(24)20-18-21-17(22-23-18)15-4-2-1-3-5-15/h1-11H,(H2,20,21,22,23,24). The lowest BCUT2D eigenvalue weighted by Crippen LogP contribution is -2.09. The smallest absolute Gasteiger partial charge is 0.250 e. The van der Waals surface area contributed by atoms with Crippen molar-refractivity contribution in [3.63, 3.8) is 0 Å². The van der Waals surface area contributed by atoms with Gasteiger partial charge in [-0.2, -0.15) is 10.2 Å². The second-order valence-electron chi connectivity index (χ2n) is 4.93. The first kappa shape index (κ1) is 15.2. The summed E-state index contributed by atoms with van der Waals surface area (Å²) in [5, 5.41) is 18.1. The summed E-state index contributed by atoms with van der Waals surface area (Å²) in [6, 6.07) is 18.5. The topological polar surface area (TPSA) is 94.5 Å². The number of anilines is 1. The van der Waals surface area contributed by atoms with Crippen molar-refractivity contribution in [2.45, 2.75) is 0 Å². The Bertz CT molecular complexity index is 905. The molecule has 6 nitrogen and oxygen atoms in total. The number of H-pyrrole nitrogens is 1. The lowest BCUT2D eigenvalue weighted by molar-refractivity contribution is -0.111. The molecule has 0 aliphatic rings. The average molecular weight is 315 g/mol. The van der Waals surface area contributed by atoms with Gasteiger partial charge in [-0.15, -0.1) is 5.10 Å². The second-order valence-corrected chi connectivity index (χ2v) is 4.93. The first-order chi connectivity index (χ1) is 11.7. The first-order valence-electron chi connectivity index (χ1n) is 7.21. The van der Waals surface area contributed by atoms with Crippen molar-refractivity contribution < 1.29 is 4.79 Å². The predicted octanol–water partition coefficient (Wildman–Crippen LogP) is 3.00. The first-order valence-corrected chi connectivity index (χ1v) is 7.21. The van der Waals surface area contributed by atoms with E-state index in [-0.39, 0.29) is 11.9 Å². The van der Waals surface area contributed by atoms with Gasteiger partial charge in [-0.3, -0.25) is 15.2 Å². The van der Waals surface area contributed by atoms with Crippen molar-refractivity contribution in [3.05, 3.63) is 71.8 Å². The minimum absolute atomic E-state index is 0.211. The van der Waals surface area contributed by atoms with Crippen LogP contribution in [0.1, 0.15) is 11.1 Å². The van der Waals surface area contributed by atoms with Crippen molar-refractivity contribution in [1.29, 1.82) is 5.26 Å². The van der Waals surface area contributed by atoms with Gasteiger partial charge in [0.1, 0.15) is 0 Å². The predicted molar refractivity (Wildman–Crippen MR) is 90.6 cm³/mol. The highest BCUT2D eigenvalue weighted by Gasteiger charge is 2.06. The van der Waals surface area contributed by atoms with Crippen molar-refractivity contribution in [2.75, 3.05) is 5.32 Å². The summed E-state index contributed by atoms with van der Waals surface area (Å²) in [6.07, 6.45) is 3.04. The van der Waals surface area contributed by atoms with Gasteiger partial charge in [0, 0.05) is 11.6 Å². The molecule has 2 aromatic carbocycles. The molecule has 0 radical (unpaired) electrons.